The van der Waals surface area contributed by atoms with Crippen LogP contribution in [0.15, 0.2) is 5.38 Å². The maximum absolute atomic E-state index is 10.9. The van der Waals surface area contributed by atoms with Gasteiger partial charge in [-0.15, -0.1) is 11.3 Å². The predicted octanol–water partition coefficient (Wildman–Crippen LogP) is 0.578. The van der Waals surface area contributed by atoms with Crippen molar-refractivity contribution in [1.29, 1.82) is 0 Å². The lowest BCUT2D eigenvalue weighted by atomic mass is 9.98. The molecule has 86 valence electrons. The van der Waals surface area contributed by atoms with Crippen molar-refractivity contribution in [2.75, 3.05) is 13.1 Å². The van der Waals surface area contributed by atoms with Gasteiger partial charge < -0.3 is 10.6 Å². The molecule has 0 bridgehead atoms. The average molecular weight is 239 g/mol. The fraction of sp³-hybridized carbons (Fsp3) is 0.500. The number of piperidine rings is 1. The van der Waals surface area contributed by atoms with Crippen LogP contribution in [-0.2, 0) is 4.79 Å². The molecule has 0 saturated carbocycles. The molecule has 0 spiro atoms. The summed E-state index contributed by atoms with van der Waals surface area (Å²) in [6.45, 7) is 1.53. The van der Waals surface area contributed by atoms with Crippen molar-refractivity contribution < 1.29 is 9.59 Å². The molecule has 1 aromatic heterocycles. The Morgan fingerprint density at radius 2 is 2.25 bits per heavy atom. The third-order valence-corrected chi connectivity index (χ3v) is 3.81. The van der Waals surface area contributed by atoms with E-state index in [1.165, 1.54) is 11.3 Å². The van der Waals surface area contributed by atoms with Crippen LogP contribution in [0.3, 0.4) is 0 Å². The lowest BCUT2D eigenvalue weighted by Gasteiger charge is -2.27. The van der Waals surface area contributed by atoms with Crippen molar-refractivity contribution in [2.24, 2.45) is 5.73 Å². The number of carbonyl (C=O) groups is 2. The molecule has 16 heavy (non-hydrogen) atoms. The Labute approximate surface area is 97.3 Å². The van der Waals surface area contributed by atoms with Gasteiger partial charge in [0.25, 0.3) is 5.91 Å². The zero-order valence-electron chi connectivity index (χ0n) is 8.76. The number of nitrogens with two attached hydrogens (primary N) is 1. The number of hydrogen-bond acceptors (Lipinski definition) is 4. The van der Waals surface area contributed by atoms with Gasteiger partial charge in [0, 0.05) is 24.4 Å². The summed E-state index contributed by atoms with van der Waals surface area (Å²) in [5.74, 6) is -0.123. The maximum atomic E-state index is 10.9. The number of nitrogens with zero attached hydrogens (tertiary/aromatic N) is 2. The molecule has 0 aromatic carbocycles. The molecule has 2 N–H and O–H groups in total. The number of rotatable bonds is 3. The Hall–Kier alpha value is -1.43. The summed E-state index contributed by atoms with van der Waals surface area (Å²) >= 11 is 1.47. The average Bonchev–Trinajstić information content (AvgIpc) is 2.78. The van der Waals surface area contributed by atoms with Crippen molar-refractivity contribution in [3.8, 4) is 0 Å². The molecule has 0 aliphatic carbocycles. The molecule has 2 rings (SSSR count). The van der Waals surface area contributed by atoms with Crippen LogP contribution >= 0.6 is 11.3 Å². The first-order chi connectivity index (χ1) is 7.70. The Morgan fingerprint density at radius 1 is 1.56 bits per heavy atom. The number of likely N-dealkylation sites (tertiary alicyclic amines) is 1. The third kappa shape index (κ3) is 2.21. The van der Waals surface area contributed by atoms with Gasteiger partial charge in [0.1, 0.15) is 5.69 Å². The Kier molecular flexibility index (Phi) is 3.19. The number of aromatic nitrogens is 1. The van der Waals surface area contributed by atoms with E-state index in [1.807, 2.05) is 0 Å². The van der Waals surface area contributed by atoms with E-state index in [2.05, 4.69) is 4.98 Å². The molecule has 2 amide bonds. The summed E-state index contributed by atoms with van der Waals surface area (Å²) in [5.41, 5.74) is 5.50. The van der Waals surface area contributed by atoms with Crippen molar-refractivity contribution >= 4 is 23.7 Å². The standard InChI is InChI=1S/C10H13N3O2S/c11-9(15)8-5-16-10(12-8)7-1-3-13(6-14)4-2-7/h5-7H,1-4H2,(H2,11,15). The van der Waals surface area contributed by atoms with E-state index in [9.17, 15) is 9.59 Å². The summed E-state index contributed by atoms with van der Waals surface area (Å²) in [7, 11) is 0. The van der Waals surface area contributed by atoms with Gasteiger partial charge in [0.15, 0.2) is 0 Å². The van der Waals surface area contributed by atoms with Crippen molar-refractivity contribution in [2.45, 2.75) is 18.8 Å². The van der Waals surface area contributed by atoms with Crippen LogP contribution in [0.4, 0.5) is 0 Å². The molecule has 1 fully saturated rings. The summed E-state index contributed by atoms with van der Waals surface area (Å²) in [5, 5.41) is 2.66. The van der Waals surface area contributed by atoms with Crippen LogP contribution in [-0.4, -0.2) is 35.3 Å². The van der Waals surface area contributed by atoms with Crippen LogP contribution in [0.2, 0.25) is 0 Å². The second-order valence-electron chi connectivity index (χ2n) is 3.85. The largest absolute Gasteiger partial charge is 0.364 e. The van der Waals surface area contributed by atoms with Gasteiger partial charge in [-0.1, -0.05) is 0 Å². The molecule has 1 saturated heterocycles. The summed E-state index contributed by atoms with van der Waals surface area (Å²) in [4.78, 5) is 27.4. The van der Waals surface area contributed by atoms with E-state index in [4.69, 9.17) is 5.73 Å². The molecule has 2 heterocycles. The highest BCUT2D eigenvalue weighted by molar-refractivity contribution is 7.09. The van der Waals surface area contributed by atoms with Crippen LogP contribution < -0.4 is 5.73 Å². The summed E-state index contributed by atoms with van der Waals surface area (Å²) in [6.07, 6.45) is 2.70. The number of carbonyl (C=O) groups excluding carboxylic acids is 2. The molecule has 1 aromatic rings. The quantitative estimate of drug-likeness (QED) is 0.784. The van der Waals surface area contributed by atoms with Gasteiger partial charge in [0.2, 0.25) is 6.41 Å². The SMILES string of the molecule is NC(=O)c1csc(C2CCN(C=O)CC2)n1. The maximum Gasteiger partial charge on any atom is 0.268 e. The zero-order valence-corrected chi connectivity index (χ0v) is 9.57. The monoisotopic (exact) mass is 239 g/mol. The Balaban J connectivity index is 2.02. The third-order valence-electron chi connectivity index (χ3n) is 2.80. The molecule has 0 radical (unpaired) electrons. The molecule has 5 nitrogen and oxygen atoms in total. The highest BCUT2D eigenvalue weighted by Crippen LogP contribution is 2.29. The number of amides is 2. The lowest BCUT2D eigenvalue weighted by molar-refractivity contribution is -0.119. The van der Waals surface area contributed by atoms with Gasteiger partial charge >= 0.3 is 0 Å². The van der Waals surface area contributed by atoms with Crippen LogP contribution in [0, 0.1) is 0 Å². The molecule has 1 aliphatic heterocycles. The molecule has 0 unspecified atom stereocenters. The Bertz CT molecular complexity index is 397. The van der Waals surface area contributed by atoms with Gasteiger partial charge in [-0.3, -0.25) is 9.59 Å². The van der Waals surface area contributed by atoms with Gasteiger partial charge in [-0.05, 0) is 12.8 Å². The number of primary amides is 1. The summed E-state index contributed by atoms with van der Waals surface area (Å²) in [6, 6.07) is 0. The molecule has 1 aliphatic rings. The van der Waals surface area contributed by atoms with Gasteiger partial charge in [-0.25, -0.2) is 4.98 Å². The van der Waals surface area contributed by atoms with Gasteiger partial charge in [0.05, 0.1) is 5.01 Å². The summed E-state index contributed by atoms with van der Waals surface area (Å²) < 4.78 is 0. The number of hydrogen-bond donors (Lipinski definition) is 1. The predicted molar refractivity (Wildman–Crippen MR) is 60.2 cm³/mol. The smallest absolute Gasteiger partial charge is 0.268 e. The molecular weight excluding hydrogens is 226 g/mol. The lowest BCUT2D eigenvalue weighted by Crippen LogP contribution is -2.31. The molecular formula is C10H13N3O2S. The van der Waals surface area contributed by atoms with Crippen LogP contribution in [0.5, 0.6) is 0 Å². The zero-order chi connectivity index (χ0) is 11.5. The van der Waals surface area contributed by atoms with Crippen LogP contribution in [0.1, 0.15) is 34.3 Å². The highest BCUT2D eigenvalue weighted by atomic mass is 32.1. The second-order valence-corrected chi connectivity index (χ2v) is 4.74. The van der Waals surface area contributed by atoms with E-state index in [0.29, 0.717) is 11.6 Å². The molecule has 0 atom stereocenters. The van der Waals surface area contributed by atoms with Gasteiger partial charge in [-0.2, -0.15) is 0 Å². The first-order valence-electron chi connectivity index (χ1n) is 5.15. The van der Waals surface area contributed by atoms with E-state index in [0.717, 1.165) is 37.3 Å². The first kappa shape index (κ1) is 11.1. The normalized spacial score (nSPS) is 17.4. The minimum absolute atomic E-state index is 0.345. The van der Waals surface area contributed by atoms with E-state index >= 15 is 0 Å². The van der Waals surface area contributed by atoms with E-state index in [-0.39, 0.29) is 0 Å². The minimum atomic E-state index is -0.479. The van der Waals surface area contributed by atoms with Crippen molar-refractivity contribution in [1.82, 2.24) is 9.88 Å². The van der Waals surface area contributed by atoms with Crippen LogP contribution in [0.25, 0.3) is 0 Å². The minimum Gasteiger partial charge on any atom is -0.364 e. The fourth-order valence-corrected chi connectivity index (χ4v) is 2.82. The van der Waals surface area contributed by atoms with E-state index < -0.39 is 5.91 Å². The van der Waals surface area contributed by atoms with E-state index in [1.54, 1.807) is 10.3 Å². The first-order valence-corrected chi connectivity index (χ1v) is 6.03. The Morgan fingerprint density at radius 3 is 2.75 bits per heavy atom. The number of thiazole rings is 1. The topological polar surface area (TPSA) is 76.3 Å². The fourth-order valence-electron chi connectivity index (χ4n) is 1.84. The second kappa shape index (κ2) is 4.61. The molecule has 6 heteroatoms. The van der Waals surface area contributed by atoms with Crippen molar-refractivity contribution in [3.05, 3.63) is 16.1 Å². The van der Waals surface area contributed by atoms with Crippen molar-refractivity contribution in [3.63, 3.8) is 0 Å². The highest BCUT2D eigenvalue weighted by Gasteiger charge is 2.22.